The number of nitrogens with zero attached hydrogens (tertiary/aromatic N) is 2. The smallest absolute Gasteiger partial charge is 0.264 e. The van der Waals surface area contributed by atoms with E-state index in [1.807, 2.05) is 0 Å². The van der Waals surface area contributed by atoms with Crippen molar-refractivity contribution in [3.63, 3.8) is 0 Å². The van der Waals surface area contributed by atoms with Crippen LogP contribution in [0.4, 0.5) is 11.6 Å². The second kappa shape index (κ2) is 5.32. The van der Waals surface area contributed by atoms with Crippen LogP contribution < -0.4 is 10.5 Å². The highest BCUT2D eigenvalue weighted by Crippen LogP contribution is 2.23. The molecule has 0 spiro atoms. The fraction of sp³-hybridized carbons (Fsp3) is 0. The van der Waals surface area contributed by atoms with Crippen LogP contribution in [0, 0.1) is 0 Å². The lowest BCUT2D eigenvalue weighted by molar-refractivity contribution is 0.601. The largest absolute Gasteiger partial charge is 0.398 e. The van der Waals surface area contributed by atoms with Crippen LogP contribution >= 0.6 is 27.5 Å². The normalized spacial score (nSPS) is 11.3. The molecule has 0 saturated heterocycles. The summed E-state index contributed by atoms with van der Waals surface area (Å²) < 4.78 is 27.0. The van der Waals surface area contributed by atoms with Crippen LogP contribution in [0.2, 0.25) is 5.15 Å². The minimum Gasteiger partial charge on any atom is -0.398 e. The van der Waals surface area contributed by atoms with Crippen molar-refractivity contribution in [2.75, 3.05) is 10.5 Å². The van der Waals surface area contributed by atoms with Gasteiger partial charge in [-0.2, -0.15) is 0 Å². The molecule has 0 unspecified atom stereocenters. The third kappa shape index (κ3) is 3.34. The number of nitrogen functional groups attached to an aromatic ring is 1. The molecular formula is C10H8BrClN4O2S. The number of nitrogens with one attached hydrogen (secondary N) is 1. The molecule has 0 aliphatic rings. The second-order valence-corrected chi connectivity index (χ2v) is 6.42. The average Bonchev–Trinajstić information content (AvgIpc) is 2.32. The molecule has 0 fully saturated rings. The third-order valence-corrected chi connectivity index (χ3v) is 4.38. The standard InChI is InChI=1S/C10H8BrClN4O2S/c11-7-2-1-6(5-8(7)13)19(17,18)16-10-14-4-3-9(12)15-10/h1-5H,13H2,(H,14,15,16). The van der Waals surface area contributed by atoms with E-state index in [-0.39, 0.29) is 16.0 Å². The number of hydrogen-bond acceptors (Lipinski definition) is 5. The number of halogens is 2. The Balaban J connectivity index is 2.35. The zero-order valence-electron chi connectivity index (χ0n) is 9.34. The Morgan fingerprint density at radius 1 is 1.32 bits per heavy atom. The predicted octanol–water partition coefficient (Wildman–Crippen LogP) is 2.28. The van der Waals surface area contributed by atoms with Crippen molar-refractivity contribution in [3.05, 3.63) is 40.1 Å². The van der Waals surface area contributed by atoms with Crippen LogP contribution in [-0.2, 0) is 10.0 Å². The molecule has 9 heteroatoms. The Morgan fingerprint density at radius 3 is 2.68 bits per heavy atom. The van der Waals surface area contributed by atoms with Crippen LogP contribution in [0.3, 0.4) is 0 Å². The van der Waals surface area contributed by atoms with Gasteiger partial charge in [0.15, 0.2) is 0 Å². The van der Waals surface area contributed by atoms with Gasteiger partial charge in [0.1, 0.15) is 5.15 Å². The summed E-state index contributed by atoms with van der Waals surface area (Å²) in [5.41, 5.74) is 5.96. The zero-order chi connectivity index (χ0) is 14.0. The van der Waals surface area contributed by atoms with E-state index in [9.17, 15) is 8.42 Å². The quantitative estimate of drug-likeness (QED) is 0.644. The monoisotopic (exact) mass is 362 g/mol. The SMILES string of the molecule is Nc1cc(S(=O)(=O)Nc2nccc(Cl)n2)ccc1Br. The maximum absolute atomic E-state index is 12.1. The van der Waals surface area contributed by atoms with Gasteiger partial charge in [0.25, 0.3) is 10.0 Å². The number of benzene rings is 1. The predicted molar refractivity (Wildman–Crippen MR) is 76.4 cm³/mol. The van der Waals surface area contributed by atoms with Crippen molar-refractivity contribution >= 4 is 49.2 Å². The molecule has 3 N–H and O–H groups in total. The molecule has 0 amide bonds. The van der Waals surface area contributed by atoms with Gasteiger partial charge >= 0.3 is 0 Å². The molecular weight excluding hydrogens is 356 g/mol. The van der Waals surface area contributed by atoms with Gasteiger partial charge in [0.2, 0.25) is 5.95 Å². The number of aromatic nitrogens is 2. The van der Waals surface area contributed by atoms with E-state index in [0.717, 1.165) is 0 Å². The number of nitrogens with two attached hydrogens (primary N) is 1. The molecule has 0 atom stereocenters. The van der Waals surface area contributed by atoms with Gasteiger partial charge in [-0.15, -0.1) is 0 Å². The van der Waals surface area contributed by atoms with Crippen LogP contribution in [-0.4, -0.2) is 18.4 Å². The van der Waals surface area contributed by atoms with Gasteiger partial charge in [-0.1, -0.05) is 11.6 Å². The molecule has 0 bridgehead atoms. The first kappa shape index (κ1) is 14.0. The molecule has 0 saturated carbocycles. The summed E-state index contributed by atoms with van der Waals surface area (Å²) in [5.74, 6) is -0.103. The molecule has 19 heavy (non-hydrogen) atoms. The third-order valence-electron chi connectivity index (χ3n) is 2.13. The van der Waals surface area contributed by atoms with Gasteiger partial charge in [-0.25, -0.2) is 23.1 Å². The fourth-order valence-corrected chi connectivity index (χ4v) is 2.62. The average molecular weight is 364 g/mol. The summed E-state index contributed by atoms with van der Waals surface area (Å²) in [4.78, 5) is 7.52. The summed E-state index contributed by atoms with van der Waals surface area (Å²) in [6.07, 6.45) is 1.35. The Labute approximate surface area is 123 Å². The molecule has 0 aliphatic carbocycles. The van der Waals surface area contributed by atoms with E-state index < -0.39 is 10.0 Å². The summed E-state index contributed by atoms with van der Waals surface area (Å²) in [7, 11) is -3.80. The van der Waals surface area contributed by atoms with E-state index in [0.29, 0.717) is 10.2 Å². The summed E-state index contributed by atoms with van der Waals surface area (Å²) in [6.45, 7) is 0. The Kier molecular flexibility index (Phi) is 3.93. The fourth-order valence-electron chi connectivity index (χ4n) is 1.25. The van der Waals surface area contributed by atoms with Gasteiger partial charge < -0.3 is 5.73 Å². The van der Waals surface area contributed by atoms with Gasteiger partial charge in [-0.3, -0.25) is 0 Å². The lowest BCUT2D eigenvalue weighted by atomic mass is 10.3. The maximum Gasteiger partial charge on any atom is 0.264 e. The van der Waals surface area contributed by atoms with E-state index >= 15 is 0 Å². The van der Waals surface area contributed by atoms with Crippen molar-refractivity contribution in [1.29, 1.82) is 0 Å². The van der Waals surface area contributed by atoms with Crippen molar-refractivity contribution in [3.8, 4) is 0 Å². The van der Waals surface area contributed by atoms with E-state index in [2.05, 4.69) is 30.6 Å². The number of anilines is 2. The molecule has 0 radical (unpaired) electrons. The zero-order valence-corrected chi connectivity index (χ0v) is 12.5. The highest BCUT2D eigenvalue weighted by Gasteiger charge is 2.16. The lowest BCUT2D eigenvalue weighted by Crippen LogP contribution is -2.15. The summed E-state index contributed by atoms with van der Waals surface area (Å²) in [5, 5.41) is 0.142. The van der Waals surface area contributed by atoms with Crippen LogP contribution in [0.5, 0.6) is 0 Å². The first-order valence-electron chi connectivity index (χ1n) is 4.95. The van der Waals surface area contributed by atoms with Crippen molar-refractivity contribution < 1.29 is 8.42 Å². The minimum atomic E-state index is -3.80. The van der Waals surface area contributed by atoms with Gasteiger partial charge in [0, 0.05) is 16.4 Å². The number of hydrogen-bond donors (Lipinski definition) is 2. The summed E-state index contributed by atoms with van der Waals surface area (Å²) in [6, 6.07) is 5.73. The Morgan fingerprint density at radius 2 is 2.05 bits per heavy atom. The van der Waals surface area contributed by atoms with E-state index in [4.69, 9.17) is 17.3 Å². The van der Waals surface area contributed by atoms with Crippen molar-refractivity contribution in [2.45, 2.75) is 4.90 Å². The Bertz CT molecular complexity index is 723. The first-order chi connectivity index (χ1) is 8.88. The number of sulfonamides is 1. The van der Waals surface area contributed by atoms with Crippen molar-refractivity contribution in [2.24, 2.45) is 0 Å². The van der Waals surface area contributed by atoms with Crippen LogP contribution in [0.15, 0.2) is 39.8 Å². The van der Waals surface area contributed by atoms with Gasteiger partial charge in [0.05, 0.1) is 4.90 Å². The first-order valence-corrected chi connectivity index (χ1v) is 7.60. The minimum absolute atomic E-state index is 0.0109. The molecule has 6 nitrogen and oxygen atoms in total. The van der Waals surface area contributed by atoms with E-state index in [1.54, 1.807) is 6.07 Å². The van der Waals surface area contributed by atoms with E-state index in [1.165, 1.54) is 24.4 Å². The maximum atomic E-state index is 12.1. The van der Waals surface area contributed by atoms with Crippen LogP contribution in [0.25, 0.3) is 0 Å². The van der Waals surface area contributed by atoms with Crippen LogP contribution in [0.1, 0.15) is 0 Å². The topological polar surface area (TPSA) is 98.0 Å². The molecule has 2 rings (SSSR count). The van der Waals surface area contributed by atoms with Crippen molar-refractivity contribution in [1.82, 2.24) is 9.97 Å². The molecule has 2 aromatic rings. The number of rotatable bonds is 3. The molecule has 0 aliphatic heterocycles. The summed E-state index contributed by atoms with van der Waals surface area (Å²) >= 11 is 8.84. The molecule has 100 valence electrons. The van der Waals surface area contributed by atoms with Gasteiger partial charge in [-0.05, 0) is 40.2 Å². The molecule has 1 aromatic carbocycles. The molecule has 1 heterocycles. The molecule has 1 aromatic heterocycles. The second-order valence-electron chi connectivity index (χ2n) is 3.49. The highest BCUT2D eigenvalue weighted by atomic mass is 79.9. The lowest BCUT2D eigenvalue weighted by Gasteiger charge is -2.07. The highest BCUT2D eigenvalue weighted by molar-refractivity contribution is 9.10. The Hall–Kier alpha value is -1.38.